The number of nitrogens with two attached hydrogens (primary N) is 2. The number of aromatic hydroxyl groups is 1. The van der Waals surface area contributed by atoms with Gasteiger partial charge in [0.05, 0.1) is 12.2 Å². The molecule has 0 radical (unpaired) electrons. The predicted molar refractivity (Wildman–Crippen MR) is 177 cm³/mol. The van der Waals surface area contributed by atoms with Gasteiger partial charge in [-0.15, -0.1) is 0 Å². The zero-order valence-electron chi connectivity index (χ0n) is 26.9. The molecule has 2 fully saturated rings. The van der Waals surface area contributed by atoms with E-state index in [2.05, 4.69) is 43.1 Å². The SMILES string of the molecule is CCC/C=C/C(=O)CCc1cc(OC2CCCC2)c(O)c([C@@H]2[C@@H]3[C@H](C=C4CC[C@H](C)C[C@@H]42)[C@@H](CN=C(N)N)C=C[C@H]3OC)c1. The van der Waals surface area contributed by atoms with E-state index in [1.807, 2.05) is 12.1 Å². The Hall–Kier alpha value is -3.06. The van der Waals surface area contributed by atoms with Crippen LogP contribution in [-0.2, 0) is 16.0 Å². The van der Waals surface area contributed by atoms with Crippen LogP contribution in [0.25, 0.3) is 0 Å². The number of hydrogen-bond acceptors (Lipinski definition) is 5. The van der Waals surface area contributed by atoms with Gasteiger partial charge in [-0.1, -0.05) is 56.2 Å². The van der Waals surface area contributed by atoms with Crippen LogP contribution in [-0.4, -0.2) is 42.7 Å². The molecule has 7 heteroatoms. The zero-order valence-corrected chi connectivity index (χ0v) is 26.9. The molecule has 5 rings (SSSR count). The summed E-state index contributed by atoms with van der Waals surface area (Å²) in [6.07, 6.45) is 21.2. The maximum absolute atomic E-state index is 12.7. The number of benzene rings is 1. The first-order chi connectivity index (χ1) is 21.3. The first kappa shape index (κ1) is 32.3. The van der Waals surface area contributed by atoms with Crippen LogP contribution in [0.1, 0.15) is 95.1 Å². The maximum atomic E-state index is 12.7. The summed E-state index contributed by atoms with van der Waals surface area (Å²) in [5, 5.41) is 12.1. The molecule has 0 aromatic heterocycles. The minimum absolute atomic E-state index is 0.0328. The standard InChI is InChI=1S/C37H53N3O4/c1-4-5-6-9-27(41)16-13-24-19-31(36(42)33(20-24)44-28-10-7-8-11-28)34-29-18-23(2)12-14-25(29)21-30-26(22-40-37(38)39)15-17-32(43-3)35(30)34/h6,9,15,17,19-21,23,26,28-30,32,34-35,42H,4-5,7-8,10-14,16,18,22H2,1-3H3,(H4,38,39,40)/b9-6+/t23-,26+,29-,30+,32+,34+,35+/m0/s1. The molecule has 7 atom stereocenters. The van der Waals surface area contributed by atoms with E-state index in [1.165, 1.54) is 12.0 Å². The molecule has 4 aliphatic rings. The molecule has 0 amide bonds. The molecule has 240 valence electrons. The van der Waals surface area contributed by atoms with Crippen molar-refractivity contribution in [3.8, 4) is 11.5 Å². The first-order valence-electron chi connectivity index (χ1n) is 17.0. The fourth-order valence-corrected chi connectivity index (χ4v) is 8.24. The smallest absolute Gasteiger partial charge is 0.185 e. The van der Waals surface area contributed by atoms with E-state index in [-0.39, 0.29) is 53.4 Å². The second kappa shape index (κ2) is 14.8. The number of methoxy groups -OCH3 is 1. The van der Waals surface area contributed by atoms with E-state index in [1.54, 1.807) is 13.2 Å². The van der Waals surface area contributed by atoms with Crippen molar-refractivity contribution in [3.63, 3.8) is 0 Å². The van der Waals surface area contributed by atoms with Gasteiger partial charge in [-0.2, -0.15) is 0 Å². The first-order valence-corrected chi connectivity index (χ1v) is 17.0. The lowest BCUT2D eigenvalue weighted by Crippen LogP contribution is -2.46. The molecule has 5 N–H and O–H groups in total. The van der Waals surface area contributed by atoms with Gasteiger partial charge >= 0.3 is 0 Å². The van der Waals surface area contributed by atoms with Crippen LogP contribution < -0.4 is 16.2 Å². The largest absolute Gasteiger partial charge is 0.504 e. The Balaban J connectivity index is 1.58. The molecule has 7 nitrogen and oxygen atoms in total. The minimum atomic E-state index is -0.108. The van der Waals surface area contributed by atoms with Crippen LogP contribution in [0.2, 0.25) is 0 Å². The average Bonchev–Trinajstić information content (AvgIpc) is 3.52. The summed E-state index contributed by atoms with van der Waals surface area (Å²) in [5.41, 5.74) is 15.0. The second-order valence-corrected chi connectivity index (χ2v) is 13.6. The van der Waals surface area contributed by atoms with Crippen LogP contribution >= 0.6 is 0 Å². The van der Waals surface area contributed by atoms with Gasteiger partial charge in [0.15, 0.2) is 23.2 Å². The number of carbonyl (C=O) groups is 1. The third kappa shape index (κ3) is 7.42. The molecule has 0 spiro atoms. The normalized spacial score (nSPS) is 30.1. The van der Waals surface area contributed by atoms with E-state index in [0.717, 1.165) is 62.5 Å². The molecular weight excluding hydrogens is 550 g/mol. The minimum Gasteiger partial charge on any atom is -0.504 e. The highest BCUT2D eigenvalue weighted by Gasteiger charge is 2.49. The lowest BCUT2D eigenvalue weighted by Gasteiger charge is -2.51. The number of carbonyl (C=O) groups excluding carboxylic acids is 1. The van der Waals surface area contributed by atoms with E-state index >= 15 is 0 Å². The number of ether oxygens (including phenoxy) is 2. The number of hydrogen-bond donors (Lipinski definition) is 3. The third-order valence-corrected chi connectivity index (χ3v) is 10.5. The molecule has 0 aliphatic heterocycles. The Labute approximate surface area is 263 Å². The number of allylic oxidation sites excluding steroid dienone is 4. The summed E-state index contributed by atoms with van der Waals surface area (Å²) in [7, 11) is 1.78. The highest BCUT2D eigenvalue weighted by molar-refractivity contribution is 5.89. The molecule has 1 aromatic carbocycles. The van der Waals surface area contributed by atoms with Crippen molar-refractivity contribution in [2.24, 2.45) is 46.0 Å². The zero-order chi connectivity index (χ0) is 31.2. The molecule has 0 heterocycles. The van der Waals surface area contributed by atoms with Gasteiger partial charge in [0, 0.05) is 43.4 Å². The lowest BCUT2D eigenvalue weighted by molar-refractivity contribution is -0.114. The van der Waals surface area contributed by atoms with Gasteiger partial charge in [0.1, 0.15) is 0 Å². The summed E-state index contributed by atoms with van der Waals surface area (Å²) in [6, 6.07) is 4.15. The molecule has 4 aliphatic carbocycles. The van der Waals surface area contributed by atoms with E-state index < -0.39 is 0 Å². The monoisotopic (exact) mass is 603 g/mol. The molecule has 2 saturated carbocycles. The number of nitrogens with zero attached hydrogens (tertiary/aromatic N) is 1. The van der Waals surface area contributed by atoms with Gasteiger partial charge in [-0.05, 0) is 93.2 Å². The molecule has 0 bridgehead atoms. The predicted octanol–water partition coefficient (Wildman–Crippen LogP) is 6.74. The van der Waals surface area contributed by atoms with Gasteiger partial charge < -0.3 is 26.0 Å². The van der Waals surface area contributed by atoms with Crippen LogP contribution in [0.3, 0.4) is 0 Å². The van der Waals surface area contributed by atoms with E-state index in [0.29, 0.717) is 37.0 Å². The highest BCUT2D eigenvalue weighted by Crippen LogP contribution is 2.57. The number of unbranched alkanes of at least 4 members (excludes halogenated alkanes) is 1. The van der Waals surface area contributed by atoms with Crippen molar-refractivity contribution in [3.05, 3.63) is 59.2 Å². The molecular formula is C37H53N3O4. The summed E-state index contributed by atoms with van der Waals surface area (Å²) in [5.74, 6) is 2.39. The molecule has 44 heavy (non-hydrogen) atoms. The van der Waals surface area contributed by atoms with Gasteiger partial charge in [-0.3, -0.25) is 9.79 Å². The number of phenolic OH excluding ortho intramolecular Hbond substituents is 1. The molecule has 0 unspecified atom stereocenters. The second-order valence-electron chi connectivity index (χ2n) is 13.6. The quantitative estimate of drug-likeness (QED) is 0.105. The number of aryl methyl sites for hydroxylation is 1. The summed E-state index contributed by atoms with van der Waals surface area (Å²) < 4.78 is 12.7. The molecule has 1 aromatic rings. The summed E-state index contributed by atoms with van der Waals surface area (Å²) >= 11 is 0. The summed E-state index contributed by atoms with van der Waals surface area (Å²) in [6.45, 7) is 4.98. The Bertz CT molecular complexity index is 1270. The van der Waals surface area contributed by atoms with Gasteiger partial charge in [0.2, 0.25) is 0 Å². The van der Waals surface area contributed by atoms with Gasteiger partial charge in [0.25, 0.3) is 0 Å². The van der Waals surface area contributed by atoms with Crippen molar-refractivity contribution >= 4 is 11.7 Å². The van der Waals surface area contributed by atoms with E-state index in [4.69, 9.17) is 20.9 Å². The van der Waals surface area contributed by atoms with Crippen molar-refractivity contribution in [1.82, 2.24) is 0 Å². The summed E-state index contributed by atoms with van der Waals surface area (Å²) in [4.78, 5) is 17.1. The fraction of sp³-hybridized carbons (Fsp3) is 0.622. The van der Waals surface area contributed by atoms with Crippen molar-refractivity contribution < 1.29 is 19.4 Å². The van der Waals surface area contributed by atoms with E-state index in [9.17, 15) is 9.90 Å². The van der Waals surface area contributed by atoms with Crippen molar-refractivity contribution in [2.75, 3.05) is 13.7 Å². The number of phenols is 1. The topological polar surface area (TPSA) is 120 Å². The Morgan fingerprint density at radius 1 is 1.16 bits per heavy atom. The van der Waals surface area contributed by atoms with Crippen LogP contribution in [0.5, 0.6) is 11.5 Å². The Kier molecular flexibility index (Phi) is 10.9. The number of fused-ring (bicyclic) bond motifs is 2. The Morgan fingerprint density at radius 3 is 2.68 bits per heavy atom. The average molecular weight is 604 g/mol. The number of rotatable bonds is 12. The van der Waals surface area contributed by atoms with Crippen molar-refractivity contribution in [1.29, 1.82) is 0 Å². The highest BCUT2D eigenvalue weighted by atomic mass is 16.5. The molecule has 0 saturated heterocycles. The van der Waals surface area contributed by atoms with Gasteiger partial charge in [-0.25, -0.2) is 0 Å². The van der Waals surface area contributed by atoms with Crippen LogP contribution in [0, 0.1) is 29.6 Å². The third-order valence-electron chi connectivity index (χ3n) is 10.5. The van der Waals surface area contributed by atoms with Crippen molar-refractivity contribution in [2.45, 2.75) is 103 Å². The number of guanidine groups is 1. The number of aliphatic imine (C=N–C) groups is 1. The maximum Gasteiger partial charge on any atom is 0.185 e. The Morgan fingerprint density at radius 2 is 1.95 bits per heavy atom. The van der Waals surface area contributed by atoms with Crippen LogP contribution in [0.4, 0.5) is 0 Å². The van der Waals surface area contributed by atoms with Crippen LogP contribution in [0.15, 0.2) is 53.1 Å². The number of ketones is 1. The lowest BCUT2D eigenvalue weighted by atomic mass is 9.55. The fourth-order valence-electron chi connectivity index (χ4n) is 8.24.